The first kappa shape index (κ1) is 16.0. The third-order valence-electron chi connectivity index (χ3n) is 3.57. The maximum absolute atomic E-state index is 12.0. The molecule has 2 aromatic carbocycles. The number of hydroxylamine groups is 2. The second-order valence-electron chi connectivity index (χ2n) is 5.30. The fourth-order valence-electron chi connectivity index (χ4n) is 2.34. The van der Waals surface area contributed by atoms with Crippen LogP contribution in [0.5, 0.6) is 5.75 Å². The first-order valence-electron chi connectivity index (χ1n) is 7.44. The summed E-state index contributed by atoms with van der Waals surface area (Å²) in [5, 5.41) is 15.0. The molecule has 1 saturated heterocycles. The molecule has 120 valence electrons. The molecule has 1 aliphatic heterocycles. The standard InChI is InChI=1S/C17H18N2O3Se/c20-16(12-22-13-7-3-1-4-8-13)18-15-11-19(21)17(15)23-14-9-5-2-6-10-14/h1-10,15,17,19H,11-12H2,(H,18,20). The van der Waals surface area contributed by atoms with Crippen LogP contribution in [0.3, 0.4) is 0 Å². The Morgan fingerprint density at radius 1 is 1.17 bits per heavy atom. The van der Waals surface area contributed by atoms with Crippen LogP contribution in [0.1, 0.15) is 0 Å². The Morgan fingerprint density at radius 3 is 2.48 bits per heavy atom. The van der Waals surface area contributed by atoms with Crippen LogP contribution >= 0.6 is 0 Å². The molecule has 1 aliphatic rings. The van der Waals surface area contributed by atoms with E-state index >= 15 is 0 Å². The molecule has 3 atom stereocenters. The van der Waals surface area contributed by atoms with Crippen LogP contribution in [-0.4, -0.2) is 45.0 Å². The van der Waals surface area contributed by atoms with E-state index in [9.17, 15) is 10.0 Å². The van der Waals surface area contributed by atoms with Gasteiger partial charge in [0, 0.05) is 0 Å². The van der Waals surface area contributed by atoms with Gasteiger partial charge in [-0.3, -0.25) is 0 Å². The Balaban J connectivity index is 1.48. The average Bonchev–Trinajstić information content (AvgIpc) is 2.59. The van der Waals surface area contributed by atoms with E-state index in [1.54, 1.807) is 0 Å². The number of carbonyl (C=O) groups excluding carboxylic acids is 1. The van der Waals surface area contributed by atoms with Gasteiger partial charge in [0.05, 0.1) is 0 Å². The Labute approximate surface area is 141 Å². The van der Waals surface area contributed by atoms with E-state index in [2.05, 4.69) is 5.32 Å². The van der Waals surface area contributed by atoms with Crippen LogP contribution in [0.4, 0.5) is 0 Å². The van der Waals surface area contributed by atoms with Crippen molar-refractivity contribution < 1.29 is 14.6 Å². The molecule has 0 saturated carbocycles. The molecule has 0 radical (unpaired) electrons. The van der Waals surface area contributed by atoms with Gasteiger partial charge in [0.25, 0.3) is 0 Å². The Bertz CT molecular complexity index is 639. The number of benzene rings is 2. The molecular formula is C17H18N2O3Se. The van der Waals surface area contributed by atoms with E-state index in [4.69, 9.17) is 4.74 Å². The van der Waals surface area contributed by atoms with Gasteiger partial charge >= 0.3 is 141 Å². The van der Waals surface area contributed by atoms with E-state index in [-0.39, 0.29) is 43.5 Å². The zero-order valence-corrected chi connectivity index (χ0v) is 14.2. The van der Waals surface area contributed by atoms with E-state index < -0.39 is 0 Å². The number of amides is 1. The quantitative estimate of drug-likeness (QED) is 0.517. The molecule has 2 N–H and O–H groups in total. The number of para-hydroxylation sites is 1. The SMILES string of the molecule is O=C(COc1ccccc1)NC1C[NH+]([O-])C1[Se]c1ccccc1. The Morgan fingerprint density at radius 2 is 1.83 bits per heavy atom. The Hall–Kier alpha value is -1.85. The molecule has 3 rings (SSSR count). The number of nitrogens with one attached hydrogen (secondary N) is 2. The number of quaternary nitrogens is 1. The molecule has 0 bridgehead atoms. The number of hydrogen-bond acceptors (Lipinski definition) is 3. The van der Waals surface area contributed by atoms with Gasteiger partial charge in [-0.05, 0) is 0 Å². The van der Waals surface area contributed by atoms with E-state index in [1.165, 1.54) is 4.46 Å². The summed E-state index contributed by atoms with van der Waals surface area (Å²) in [4.78, 5) is 11.9. The zero-order valence-electron chi connectivity index (χ0n) is 12.5. The van der Waals surface area contributed by atoms with Crippen LogP contribution < -0.4 is 19.6 Å². The first-order valence-corrected chi connectivity index (χ1v) is 9.28. The summed E-state index contributed by atoms with van der Waals surface area (Å²) in [6.07, 6.45) is 0. The fourth-order valence-corrected chi connectivity index (χ4v) is 4.78. The van der Waals surface area contributed by atoms with Crippen molar-refractivity contribution in [3.05, 3.63) is 65.9 Å². The van der Waals surface area contributed by atoms with Crippen molar-refractivity contribution in [2.45, 2.75) is 11.0 Å². The van der Waals surface area contributed by atoms with Crippen molar-refractivity contribution >= 4 is 25.3 Å². The van der Waals surface area contributed by atoms with E-state index in [1.807, 2.05) is 60.7 Å². The fraction of sp³-hybridized carbons (Fsp3) is 0.235. The van der Waals surface area contributed by atoms with Gasteiger partial charge in [-0.25, -0.2) is 0 Å². The molecule has 1 fully saturated rings. The molecule has 3 unspecified atom stereocenters. The number of rotatable bonds is 6. The molecule has 0 aromatic heterocycles. The first-order chi connectivity index (χ1) is 11.2. The molecule has 0 spiro atoms. The van der Waals surface area contributed by atoms with Gasteiger partial charge in [-0.2, -0.15) is 0 Å². The zero-order chi connectivity index (χ0) is 16.1. The predicted molar refractivity (Wildman–Crippen MR) is 88.7 cm³/mol. The second kappa shape index (κ2) is 7.62. The molecular weight excluding hydrogens is 359 g/mol. The third kappa shape index (κ3) is 4.33. The molecule has 6 heteroatoms. The molecule has 1 amide bonds. The van der Waals surface area contributed by atoms with Crippen LogP contribution in [0.25, 0.3) is 0 Å². The van der Waals surface area contributed by atoms with Gasteiger partial charge in [0.2, 0.25) is 0 Å². The van der Waals surface area contributed by atoms with Gasteiger partial charge in [-0.1, -0.05) is 0 Å². The van der Waals surface area contributed by atoms with Crippen LogP contribution in [0.15, 0.2) is 60.7 Å². The van der Waals surface area contributed by atoms with Crippen molar-refractivity contribution in [3.8, 4) is 5.75 Å². The van der Waals surface area contributed by atoms with Crippen LogP contribution in [-0.2, 0) is 4.79 Å². The van der Waals surface area contributed by atoms with E-state index in [0.29, 0.717) is 12.3 Å². The summed E-state index contributed by atoms with van der Waals surface area (Å²) in [5.41, 5.74) is 0. The summed E-state index contributed by atoms with van der Waals surface area (Å²) < 4.78 is 6.60. The minimum absolute atomic E-state index is 0.0280. The van der Waals surface area contributed by atoms with Gasteiger partial charge in [0.15, 0.2) is 0 Å². The van der Waals surface area contributed by atoms with Crippen molar-refractivity contribution in [2.75, 3.05) is 13.2 Å². The van der Waals surface area contributed by atoms with E-state index in [0.717, 1.165) is 0 Å². The van der Waals surface area contributed by atoms with Gasteiger partial charge in [0.1, 0.15) is 0 Å². The maximum atomic E-state index is 12.0. The summed E-state index contributed by atoms with van der Waals surface area (Å²) in [7, 11) is 0. The van der Waals surface area contributed by atoms with Crippen LogP contribution in [0.2, 0.25) is 0 Å². The summed E-state index contributed by atoms with van der Waals surface area (Å²) in [5.74, 6) is 0.484. The third-order valence-corrected chi connectivity index (χ3v) is 6.49. The average molecular weight is 377 g/mol. The molecule has 0 aliphatic carbocycles. The van der Waals surface area contributed by atoms with Gasteiger partial charge < -0.3 is 0 Å². The molecule has 5 nitrogen and oxygen atoms in total. The number of ether oxygens (including phenoxy) is 1. The summed E-state index contributed by atoms with van der Waals surface area (Å²) in [6.45, 7) is 0.399. The van der Waals surface area contributed by atoms with Crippen molar-refractivity contribution in [1.82, 2.24) is 5.32 Å². The van der Waals surface area contributed by atoms with Gasteiger partial charge in [-0.15, -0.1) is 0 Å². The normalized spacial score (nSPS) is 22.9. The predicted octanol–water partition coefficient (Wildman–Crippen LogP) is -0.698. The van der Waals surface area contributed by atoms with Crippen molar-refractivity contribution in [3.63, 3.8) is 0 Å². The summed E-state index contributed by atoms with van der Waals surface area (Å²) >= 11 is 0.0504. The topological polar surface area (TPSA) is 65.8 Å². The molecule has 2 aromatic rings. The number of carbonyl (C=O) groups is 1. The second-order valence-corrected chi connectivity index (χ2v) is 7.85. The molecule has 23 heavy (non-hydrogen) atoms. The van der Waals surface area contributed by atoms with Crippen LogP contribution in [0, 0.1) is 5.21 Å². The van der Waals surface area contributed by atoms with Crippen molar-refractivity contribution in [2.24, 2.45) is 0 Å². The monoisotopic (exact) mass is 378 g/mol. The molecule has 1 heterocycles. The van der Waals surface area contributed by atoms with Crippen molar-refractivity contribution in [1.29, 1.82) is 0 Å². The number of hydrogen-bond donors (Lipinski definition) is 2. The Kier molecular flexibility index (Phi) is 5.31. The summed E-state index contributed by atoms with van der Waals surface area (Å²) in [6, 6.07) is 19.1. The minimum atomic E-state index is -0.180.